The van der Waals surface area contributed by atoms with Crippen LogP contribution in [0, 0.1) is 5.41 Å². The Morgan fingerprint density at radius 3 is 2.62 bits per heavy atom. The van der Waals surface area contributed by atoms with E-state index in [9.17, 15) is 0 Å². The topological polar surface area (TPSA) is 71.1 Å². The van der Waals surface area contributed by atoms with Crippen LogP contribution in [0.2, 0.25) is 0 Å². The molecule has 0 aliphatic heterocycles. The predicted octanol–water partition coefficient (Wildman–Crippen LogP) is 4.43. The van der Waals surface area contributed by atoms with Crippen LogP contribution in [-0.4, -0.2) is 32.1 Å². The summed E-state index contributed by atoms with van der Waals surface area (Å²) < 4.78 is 5.17. The van der Waals surface area contributed by atoms with Crippen molar-refractivity contribution in [1.82, 2.24) is 5.32 Å². The Balaban J connectivity index is 0.000000260. The van der Waals surface area contributed by atoms with Gasteiger partial charge in [0.15, 0.2) is 0 Å². The molecule has 1 atom stereocenters. The maximum Gasteiger partial charge on any atom is 0.123 e. The van der Waals surface area contributed by atoms with Gasteiger partial charge in [0.25, 0.3) is 0 Å². The second-order valence-electron chi connectivity index (χ2n) is 7.21. The number of benzene rings is 1. The number of nitrogen functional groups attached to an aromatic ring is 1. The molecule has 148 valence electrons. The van der Waals surface area contributed by atoms with Crippen LogP contribution in [0.25, 0.3) is 0 Å². The molecule has 0 saturated heterocycles. The first-order valence-corrected chi connectivity index (χ1v) is 10.3. The van der Waals surface area contributed by atoms with Crippen LogP contribution in [0.5, 0.6) is 0 Å². The van der Waals surface area contributed by atoms with E-state index in [1.54, 1.807) is 7.11 Å². The number of fused-ring (bicyclic) bond motifs is 1. The molecule has 0 saturated carbocycles. The lowest BCUT2D eigenvalue weighted by molar-refractivity contribution is 0.109. The number of amidine groups is 1. The van der Waals surface area contributed by atoms with E-state index in [0.717, 1.165) is 31.4 Å². The maximum absolute atomic E-state index is 7.45. The zero-order valence-corrected chi connectivity index (χ0v) is 17.1. The highest BCUT2D eigenvalue weighted by atomic mass is 16.5. The SMILES string of the molecule is CCCCCNCCCC(C)OC.N=C(N)c1cccc2c1CCCC2. The van der Waals surface area contributed by atoms with Crippen molar-refractivity contribution in [1.29, 1.82) is 5.41 Å². The monoisotopic (exact) mass is 361 g/mol. The van der Waals surface area contributed by atoms with Gasteiger partial charge in [-0.15, -0.1) is 0 Å². The minimum atomic E-state index is 0.207. The van der Waals surface area contributed by atoms with Crippen molar-refractivity contribution < 1.29 is 4.74 Å². The summed E-state index contributed by atoms with van der Waals surface area (Å²) in [6.45, 7) is 6.67. The Hall–Kier alpha value is -1.39. The van der Waals surface area contributed by atoms with Crippen molar-refractivity contribution in [3.8, 4) is 0 Å². The number of hydrogen-bond donors (Lipinski definition) is 3. The third-order valence-corrected chi connectivity index (χ3v) is 5.01. The van der Waals surface area contributed by atoms with E-state index in [1.165, 1.54) is 56.2 Å². The van der Waals surface area contributed by atoms with Crippen molar-refractivity contribution in [2.75, 3.05) is 20.2 Å². The molecule has 4 nitrogen and oxygen atoms in total. The van der Waals surface area contributed by atoms with Gasteiger partial charge in [-0.25, -0.2) is 0 Å². The van der Waals surface area contributed by atoms with Gasteiger partial charge in [-0.1, -0.05) is 38.0 Å². The molecule has 2 rings (SSSR count). The van der Waals surface area contributed by atoms with Gasteiger partial charge in [-0.3, -0.25) is 5.41 Å². The minimum Gasteiger partial charge on any atom is -0.384 e. The van der Waals surface area contributed by atoms with E-state index in [-0.39, 0.29) is 5.84 Å². The van der Waals surface area contributed by atoms with E-state index >= 15 is 0 Å². The van der Waals surface area contributed by atoms with E-state index in [1.807, 2.05) is 12.1 Å². The summed E-state index contributed by atoms with van der Waals surface area (Å²) in [5, 5.41) is 10.9. The van der Waals surface area contributed by atoms with Crippen molar-refractivity contribution in [2.24, 2.45) is 5.73 Å². The maximum atomic E-state index is 7.45. The fourth-order valence-corrected chi connectivity index (χ4v) is 3.29. The van der Waals surface area contributed by atoms with Gasteiger partial charge >= 0.3 is 0 Å². The van der Waals surface area contributed by atoms with Crippen LogP contribution < -0.4 is 11.1 Å². The van der Waals surface area contributed by atoms with Crippen LogP contribution in [-0.2, 0) is 17.6 Å². The predicted molar refractivity (Wildman–Crippen MR) is 112 cm³/mol. The number of unbranched alkanes of at least 4 members (excludes halogenated alkanes) is 2. The van der Waals surface area contributed by atoms with Gasteiger partial charge in [-0.2, -0.15) is 0 Å². The summed E-state index contributed by atoms with van der Waals surface area (Å²) in [6.07, 6.45) is 11.5. The summed E-state index contributed by atoms with van der Waals surface area (Å²) in [5.41, 5.74) is 9.16. The largest absolute Gasteiger partial charge is 0.384 e. The fraction of sp³-hybridized carbons (Fsp3) is 0.682. The molecular weight excluding hydrogens is 322 g/mol. The number of ether oxygens (including phenoxy) is 1. The number of hydrogen-bond acceptors (Lipinski definition) is 3. The molecule has 0 heterocycles. The molecule has 0 radical (unpaired) electrons. The van der Waals surface area contributed by atoms with E-state index < -0.39 is 0 Å². The van der Waals surface area contributed by atoms with E-state index in [0.29, 0.717) is 6.10 Å². The Morgan fingerprint density at radius 2 is 1.92 bits per heavy atom. The third-order valence-electron chi connectivity index (χ3n) is 5.01. The molecule has 1 aliphatic carbocycles. The zero-order valence-electron chi connectivity index (χ0n) is 17.1. The summed E-state index contributed by atoms with van der Waals surface area (Å²) >= 11 is 0. The molecular formula is C22H39N3O. The number of rotatable bonds is 10. The van der Waals surface area contributed by atoms with Gasteiger partial charge < -0.3 is 15.8 Å². The minimum absolute atomic E-state index is 0.207. The number of nitrogens with two attached hydrogens (primary N) is 1. The molecule has 0 bridgehead atoms. The smallest absolute Gasteiger partial charge is 0.123 e. The Kier molecular flexibility index (Phi) is 12.0. The third kappa shape index (κ3) is 8.81. The average molecular weight is 362 g/mol. The van der Waals surface area contributed by atoms with Crippen molar-refractivity contribution in [2.45, 2.75) is 77.7 Å². The second kappa shape index (κ2) is 13.8. The quantitative estimate of drug-likeness (QED) is 0.328. The normalized spacial score (nSPS) is 14.1. The Labute approximate surface area is 160 Å². The first-order valence-electron chi connectivity index (χ1n) is 10.3. The van der Waals surface area contributed by atoms with Gasteiger partial charge in [0.1, 0.15) is 5.84 Å². The molecule has 0 amide bonds. The Bertz CT molecular complexity index is 516. The highest BCUT2D eigenvalue weighted by molar-refractivity contribution is 5.96. The fourth-order valence-electron chi connectivity index (χ4n) is 3.29. The van der Waals surface area contributed by atoms with Crippen LogP contribution in [0.15, 0.2) is 18.2 Å². The first-order chi connectivity index (χ1) is 12.6. The molecule has 0 aromatic heterocycles. The summed E-state index contributed by atoms with van der Waals surface area (Å²) in [5.74, 6) is 0.207. The average Bonchev–Trinajstić information content (AvgIpc) is 2.67. The molecule has 4 heteroatoms. The molecule has 0 fully saturated rings. The van der Waals surface area contributed by atoms with Gasteiger partial charge in [0.2, 0.25) is 0 Å². The molecule has 1 unspecified atom stereocenters. The lowest BCUT2D eigenvalue weighted by Crippen LogP contribution is -2.18. The highest BCUT2D eigenvalue weighted by Gasteiger charge is 2.13. The van der Waals surface area contributed by atoms with Crippen molar-refractivity contribution in [3.63, 3.8) is 0 Å². The van der Waals surface area contributed by atoms with E-state index in [4.69, 9.17) is 15.9 Å². The lowest BCUT2D eigenvalue weighted by atomic mass is 9.88. The second-order valence-corrected chi connectivity index (χ2v) is 7.21. The zero-order chi connectivity index (χ0) is 19.2. The standard InChI is InChI=1S/C11H14N2.C11H25NO/c12-11(13)10-7-3-5-8-4-1-2-6-9(8)10;1-4-5-6-9-12-10-7-8-11(2)13-3/h3,5,7H,1-2,4,6H2,(H3,12,13);11-12H,4-10H2,1-3H3. The number of aryl methyl sites for hydroxylation is 1. The van der Waals surface area contributed by atoms with Crippen molar-refractivity contribution in [3.05, 3.63) is 34.9 Å². The van der Waals surface area contributed by atoms with Gasteiger partial charge in [-0.05, 0) is 76.1 Å². The van der Waals surface area contributed by atoms with Crippen molar-refractivity contribution >= 4 is 5.84 Å². The first kappa shape index (κ1) is 22.7. The molecule has 1 aliphatic rings. The number of methoxy groups -OCH3 is 1. The molecule has 1 aromatic carbocycles. The van der Waals surface area contributed by atoms with Crippen LogP contribution in [0.3, 0.4) is 0 Å². The van der Waals surface area contributed by atoms with E-state index in [2.05, 4.69) is 25.2 Å². The summed E-state index contributed by atoms with van der Waals surface area (Å²) in [4.78, 5) is 0. The van der Waals surface area contributed by atoms with Crippen LogP contribution >= 0.6 is 0 Å². The highest BCUT2D eigenvalue weighted by Crippen LogP contribution is 2.23. The van der Waals surface area contributed by atoms with Crippen LogP contribution in [0.4, 0.5) is 0 Å². The molecule has 1 aromatic rings. The number of nitrogens with one attached hydrogen (secondary N) is 2. The molecule has 4 N–H and O–H groups in total. The molecule has 0 spiro atoms. The summed E-state index contributed by atoms with van der Waals surface area (Å²) in [7, 11) is 1.78. The van der Waals surface area contributed by atoms with Gasteiger partial charge in [0.05, 0.1) is 6.10 Å². The molecule has 26 heavy (non-hydrogen) atoms. The lowest BCUT2D eigenvalue weighted by Gasteiger charge is -2.18. The Morgan fingerprint density at radius 1 is 1.19 bits per heavy atom. The van der Waals surface area contributed by atoms with Crippen LogP contribution in [0.1, 0.15) is 75.5 Å². The summed E-state index contributed by atoms with van der Waals surface area (Å²) in [6, 6.07) is 6.11. The van der Waals surface area contributed by atoms with Gasteiger partial charge in [0, 0.05) is 12.7 Å².